The Hall–Kier alpha value is -0.900. The van der Waals surface area contributed by atoms with Gasteiger partial charge in [0.2, 0.25) is 0 Å². The van der Waals surface area contributed by atoms with Gasteiger partial charge in [-0.1, -0.05) is 30.3 Å². The lowest BCUT2D eigenvalue weighted by atomic mass is 9.93. The van der Waals surface area contributed by atoms with E-state index in [0.29, 0.717) is 6.54 Å². The third-order valence-corrected chi connectivity index (χ3v) is 3.40. The van der Waals surface area contributed by atoms with Gasteiger partial charge in [-0.05, 0) is 44.7 Å². The number of unbranched alkanes of at least 4 members (excludes halogenated alkanes) is 1. The molecule has 4 N–H and O–H groups in total. The highest BCUT2D eigenvalue weighted by Gasteiger charge is 2.20. The Balaban J connectivity index is 2.35. The number of aliphatic hydroxyl groups excluding tert-OH is 1. The number of nitrogens with one attached hydrogen (secondary N) is 1. The monoisotopic (exact) mass is 250 g/mol. The van der Waals surface area contributed by atoms with Gasteiger partial charge >= 0.3 is 0 Å². The normalized spacial score (nSPS) is 14.4. The van der Waals surface area contributed by atoms with Crippen LogP contribution in [0, 0.1) is 0 Å². The number of hydrogen-bond donors (Lipinski definition) is 3. The Labute approximate surface area is 110 Å². The number of hydrogen-bond acceptors (Lipinski definition) is 3. The molecule has 0 bridgehead atoms. The van der Waals surface area contributed by atoms with Crippen molar-refractivity contribution in [1.82, 2.24) is 5.32 Å². The van der Waals surface area contributed by atoms with E-state index in [1.807, 2.05) is 6.07 Å². The summed E-state index contributed by atoms with van der Waals surface area (Å²) in [7, 11) is 0. The summed E-state index contributed by atoms with van der Waals surface area (Å²) in [5, 5.41) is 12.3. The molecule has 18 heavy (non-hydrogen) atoms. The molecule has 0 radical (unpaired) electrons. The van der Waals surface area contributed by atoms with Crippen LogP contribution >= 0.6 is 0 Å². The van der Waals surface area contributed by atoms with Gasteiger partial charge in [0.05, 0.1) is 0 Å². The van der Waals surface area contributed by atoms with Crippen molar-refractivity contribution in [3.05, 3.63) is 35.9 Å². The van der Waals surface area contributed by atoms with Crippen molar-refractivity contribution in [1.29, 1.82) is 0 Å². The molecule has 3 heteroatoms. The predicted octanol–water partition coefficient (Wildman–Crippen LogP) is 1.70. The maximum atomic E-state index is 8.75. The Morgan fingerprint density at radius 3 is 2.56 bits per heavy atom. The van der Waals surface area contributed by atoms with Crippen molar-refractivity contribution in [3.8, 4) is 0 Å². The van der Waals surface area contributed by atoms with Crippen LogP contribution in [0.4, 0.5) is 0 Å². The first kappa shape index (κ1) is 15.2. The molecular weight excluding hydrogens is 224 g/mol. The Kier molecular flexibility index (Phi) is 6.94. The van der Waals surface area contributed by atoms with Crippen molar-refractivity contribution < 1.29 is 5.11 Å². The topological polar surface area (TPSA) is 58.3 Å². The molecule has 1 aromatic carbocycles. The van der Waals surface area contributed by atoms with Crippen LogP contribution in [0.2, 0.25) is 0 Å². The van der Waals surface area contributed by atoms with E-state index in [1.165, 1.54) is 5.56 Å². The molecule has 1 atom stereocenters. The molecule has 1 rings (SSSR count). The molecular formula is C15H26N2O. The summed E-state index contributed by atoms with van der Waals surface area (Å²) < 4.78 is 0. The number of rotatable bonds is 9. The van der Waals surface area contributed by atoms with E-state index in [0.717, 1.165) is 32.2 Å². The van der Waals surface area contributed by atoms with E-state index in [-0.39, 0.29) is 12.1 Å². The van der Waals surface area contributed by atoms with E-state index < -0.39 is 0 Å². The van der Waals surface area contributed by atoms with Crippen molar-refractivity contribution in [2.45, 2.75) is 38.1 Å². The summed E-state index contributed by atoms with van der Waals surface area (Å²) in [6.45, 7) is 4.00. The van der Waals surface area contributed by atoms with E-state index in [4.69, 9.17) is 10.8 Å². The lowest BCUT2D eigenvalue weighted by Crippen LogP contribution is -2.49. The largest absolute Gasteiger partial charge is 0.396 e. The Morgan fingerprint density at radius 2 is 1.94 bits per heavy atom. The zero-order valence-corrected chi connectivity index (χ0v) is 11.4. The van der Waals surface area contributed by atoms with Crippen LogP contribution in [0.3, 0.4) is 0 Å². The highest BCUT2D eigenvalue weighted by molar-refractivity contribution is 5.15. The molecule has 0 amide bonds. The fourth-order valence-corrected chi connectivity index (χ4v) is 1.95. The van der Waals surface area contributed by atoms with Crippen LogP contribution < -0.4 is 11.1 Å². The summed E-state index contributed by atoms with van der Waals surface area (Å²) in [6.07, 6.45) is 3.93. The quantitative estimate of drug-likeness (QED) is 0.585. The van der Waals surface area contributed by atoms with Gasteiger partial charge in [0, 0.05) is 18.7 Å². The molecule has 0 fully saturated rings. The smallest absolute Gasteiger partial charge is 0.0431 e. The predicted molar refractivity (Wildman–Crippen MR) is 76.5 cm³/mol. The van der Waals surface area contributed by atoms with Crippen LogP contribution in [0.5, 0.6) is 0 Å². The number of aliphatic hydroxyl groups is 1. The lowest BCUT2D eigenvalue weighted by molar-refractivity contribution is 0.275. The lowest BCUT2D eigenvalue weighted by Gasteiger charge is -2.29. The summed E-state index contributed by atoms with van der Waals surface area (Å²) >= 11 is 0. The third kappa shape index (κ3) is 5.63. The summed E-state index contributed by atoms with van der Waals surface area (Å²) in [5.74, 6) is 0. The van der Waals surface area contributed by atoms with Gasteiger partial charge in [-0.3, -0.25) is 0 Å². The molecule has 0 aliphatic heterocycles. The summed E-state index contributed by atoms with van der Waals surface area (Å²) in [6, 6.07) is 10.5. The highest BCUT2D eigenvalue weighted by Crippen LogP contribution is 2.13. The molecule has 0 heterocycles. The number of aryl methyl sites for hydroxylation is 1. The van der Waals surface area contributed by atoms with Gasteiger partial charge in [0.25, 0.3) is 0 Å². The second kappa shape index (κ2) is 8.25. The second-order valence-electron chi connectivity index (χ2n) is 5.11. The molecule has 0 aliphatic rings. The van der Waals surface area contributed by atoms with Gasteiger partial charge < -0.3 is 16.2 Å². The summed E-state index contributed by atoms with van der Waals surface area (Å²) in [5.41, 5.74) is 7.22. The van der Waals surface area contributed by atoms with Crippen molar-refractivity contribution in [2.75, 3.05) is 19.7 Å². The van der Waals surface area contributed by atoms with Crippen LogP contribution in [0.25, 0.3) is 0 Å². The SMILES string of the molecule is CC(CN)(CCc1ccccc1)NCCCCO. The highest BCUT2D eigenvalue weighted by atomic mass is 16.2. The van der Waals surface area contributed by atoms with Gasteiger partial charge in [-0.25, -0.2) is 0 Å². The molecule has 3 nitrogen and oxygen atoms in total. The van der Waals surface area contributed by atoms with E-state index in [9.17, 15) is 0 Å². The number of benzene rings is 1. The molecule has 1 unspecified atom stereocenters. The van der Waals surface area contributed by atoms with Gasteiger partial charge in [-0.2, -0.15) is 0 Å². The number of nitrogens with two attached hydrogens (primary N) is 1. The molecule has 1 aromatic rings. The zero-order valence-electron chi connectivity index (χ0n) is 11.4. The summed E-state index contributed by atoms with van der Waals surface area (Å²) in [4.78, 5) is 0. The minimum atomic E-state index is -0.00863. The molecule has 0 spiro atoms. The first-order chi connectivity index (χ1) is 8.70. The Bertz CT molecular complexity index is 316. The van der Waals surface area contributed by atoms with E-state index >= 15 is 0 Å². The van der Waals surface area contributed by atoms with Crippen LogP contribution in [-0.4, -0.2) is 30.3 Å². The Morgan fingerprint density at radius 1 is 1.22 bits per heavy atom. The van der Waals surface area contributed by atoms with Gasteiger partial charge in [0.15, 0.2) is 0 Å². The maximum absolute atomic E-state index is 8.75. The average Bonchev–Trinajstić information content (AvgIpc) is 2.43. The van der Waals surface area contributed by atoms with Crippen molar-refractivity contribution in [3.63, 3.8) is 0 Å². The fraction of sp³-hybridized carbons (Fsp3) is 0.600. The first-order valence-corrected chi connectivity index (χ1v) is 6.80. The third-order valence-electron chi connectivity index (χ3n) is 3.40. The van der Waals surface area contributed by atoms with Gasteiger partial charge in [-0.15, -0.1) is 0 Å². The second-order valence-corrected chi connectivity index (χ2v) is 5.11. The minimum Gasteiger partial charge on any atom is -0.396 e. The molecule has 0 saturated heterocycles. The minimum absolute atomic E-state index is 0.00863. The van der Waals surface area contributed by atoms with Crippen molar-refractivity contribution >= 4 is 0 Å². The van der Waals surface area contributed by atoms with E-state index in [1.54, 1.807) is 0 Å². The fourth-order valence-electron chi connectivity index (χ4n) is 1.95. The average molecular weight is 250 g/mol. The zero-order chi connectivity index (χ0) is 13.3. The standard InChI is InChI=1S/C15H26N2O/c1-15(13-16,17-11-5-6-12-18)10-9-14-7-3-2-4-8-14/h2-4,7-8,17-18H,5-6,9-13,16H2,1H3. The first-order valence-electron chi connectivity index (χ1n) is 6.80. The molecule has 0 aromatic heterocycles. The van der Waals surface area contributed by atoms with Crippen LogP contribution in [0.1, 0.15) is 31.7 Å². The van der Waals surface area contributed by atoms with Crippen LogP contribution in [-0.2, 0) is 6.42 Å². The molecule has 0 saturated carbocycles. The molecule has 0 aliphatic carbocycles. The van der Waals surface area contributed by atoms with E-state index in [2.05, 4.69) is 36.5 Å². The van der Waals surface area contributed by atoms with Gasteiger partial charge in [0.1, 0.15) is 0 Å². The van der Waals surface area contributed by atoms with Crippen molar-refractivity contribution in [2.24, 2.45) is 5.73 Å². The molecule has 102 valence electrons. The maximum Gasteiger partial charge on any atom is 0.0431 e. The van der Waals surface area contributed by atoms with Crippen LogP contribution in [0.15, 0.2) is 30.3 Å².